The Bertz CT molecular complexity index is 452. The molecule has 0 radical (unpaired) electrons. The van der Waals surface area contributed by atoms with Crippen LogP contribution in [0.3, 0.4) is 0 Å². The van der Waals surface area contributed by atoms with Crippen LogP contribution in [-0.4, -0.2) is 47.1 Å². The minimum Gasteiger partial charge on any atom is -0.338 e. The van der Waals surface area contributed by atoms with Crippen molar-refractivity contribution >= 4 is 22.8 Å². The van der Waals surface area contributed by atoms with E-state index in [0.717, 1.165) is 41.7 Å². The zero-order valence-corrected chi connectivity index (χ0v) is 12.5. The Morgan fingerprint density at radius 3 is 2.79 bits per heavy atom. The van der Waals surface area contributed by atoms with Crippen LogP contribution >= 0.6 is 11.8 Å². The monoisotopic (exact) mass is 279 g/mol. The predicted molar refractivity (Wildman–Crippen MR) is 78.9 cm³/mol. The molecule has 1 fully saturated rings. The summed E-state index contributed by atoms with van der Waals surface area (Å²) in [5.41, 5.74) is 1.09. The Balaban J connectivity index is 1.73. The fourth-order valence-corrected chi connectivity index (χ4v) is 4.27. The molecule has 3 aliphatic rings. The zero-order valence-electron chi connectivity index (χ0n) is 11.7. The molecule has 0 spiro atoms. The Morgan fingerprint density at radius 2 is 2.11 bits per heavy atom. The third-order valence-electron chi connectivity index (χ3n) is 4.37. The number of aliphatic imine (C=N–C) groups is 1. The van der Waals surface area contributed by atoms with Crippen molar-refractivity contribution in [3.8, 4) is 0 Å². The van der Waals surface area contributed by atoms with Crippen LogP contribution in [0.2, 0.25) is 0 Å². The van der Waals surface area contributed by atoms with Crippen molar-refractivity contribution in [3.63, 3.8) is 0 Å². The summed E-state index contributed by atoms with van der Waals surface area (Å²) in [4.78, 5) is 22.1. The summed E-state index contributed by atoms with van der Waals surface area (Å²) in [6, 6.07) is 0.430. The summed E-state index contributed by atoms with van der Waals surface area (Å²) in [6.45, 7) is 3.83. The van der Waals surface area contributed by atoms with Gasteiger partial charge in [0.15, 0.2) is 5.17 Å². The molecule has 4 nitrogen and oxygen atoms in total. The molecule has 104 valence electrons. The summed E-state index contributed by atoms with van der Waals surface area (Å²) in [6.07, 6.45) is 6.14. The van der Waals surface area contributed by atoms with Crippen molar-refractivity contribution in [2.75, 3.05) is 20.1 Å². The second-order valence-electron chi connectivity index (χ2n) is 5.54. The lowest BCUT2D eigenvalue weighted by atomic mass is 9.94. The number of likely N-dealkylation sites (N-methyl/N-ethyl adjacent to an activating group) is 1. The average Bonchev–Trinajstić information content (AvgIpc) is 3.02. The van der Waals surface area contributed by atoms with E-state index in [1.165, 1.54) is 19.3 Å². The molecule has 0 unspecified atom stereocenters. The van der Waals surface area contributed by atoms with Crippen LogP contribution in [0.5, 0.6) is 0 Å². The van der Waals surface area contributed by atoms with Gasteiger partial charge in [-0.05, 0) is 31.5 Å². The lowest BCUT2D eigenvalue weighted by Crippen LogP contribution is -2.38. The second-order valence-corrected chi connectivity index (χ2v) is 6.52. The topological polar surface area (TPSA) is 35.9 Å². The van der Waals surface area contributed by atoms with Gasteiger partial charge in [-0.3, -0.25) is 9.79 Å². The number of hydrogen-bond acceptors (Lipinski definition) is 4. The van der Waals surface area contributed by atoms with Gasteiger partial charge >= 0.3 is 0 Å². The standard InChI is InChI=1S/C14H21N3OS/c1-10-12(19-14-15-8-9-17(10)14)13(18)16(2)11-6-4-3-5-7-11/h11H,3-9H2,1-2H3. The molecule has 0 N–H and O–H groups in total. The summed E-state index contributed by atoms with van der Waals surface area (Å²) in [5, 5.41) is 1.01. The van der Waals surface area contributed by atoms with Crippen molar-refractivity contribution in [1.82, 2.24) is 9.80 Å². The van der Waals surface area contributed by atoms with Crippen molar-refractivity contribution < 1.29 is 4.79 Å². The molecule has 3 rings (SSSR count). The maximum atomic E-state index is 12.7. The number of allylic oxidation sites excluding steroid dienone is 1. The molecule has 0 aromatic rings. The molecule has 0 aromatic heterocycles. The quantitative estimate of drug-likeness (QED) is 0.779. The number of carbonyl (C=O) groups is 1. The number of carbonyl (C=O) groups excluding carboxylic acids is 1. The second kappa shape index (κ2) is 5.19. The predicted octanol–water partition coefficient (Wildman–Crippen LogP) is 2.43. The molecule has 0 saturated heterocycles. The van der Waals surface area contributed by atoms with E-state index in [4.69, 9.17) is 0 Å². The Kier molecular flexibility index (Phi) is 3.56. The first-order chi connectivity index (χ1) is 9.18. The maximum absolute atomic E-state index is 12.7. The highest BCUT2D eigenvalue weighted by Gasteiger charge is 2.35. The van der Waals surface area contributed by atoms with E-state index in [0.29, 0.717) is 6.04 Å². The largest absolute Gasteiger partial charge is 0.338 e. The van der Waals surface area contributed by atoms with Gasteiger partial charge in [-0.25, -0.2) is 0 Å². The summed E-state index contributed by atoms with van der Waals surface area (Å²) in [5.74, 6) is 0.187. The highest BCUT2D eigenvalue weighted by atomic mass is 32.2. The number of nitrogens with zero attached hydrogens (tertiary/aromatic N) is 3. The van der Waals surface area contributed by atoms with Crippen LogP contribution in [0, 0.1) is 0 Å². The molecule has 0 bridgehead atoms. The van der Waals surface area contributed by atoms with Gasteiger partial charge in [0.2, 0.25) is 0 Å². The lowest BCUT2D eigenvalue weighted by molar-refractivity contribution is -0.127. The van der Waals surface area contributed by atoms with Gasteiger partial charge in [-0.1, -0.05) is 19.3 Å². The number of amides is 1. The molecule has 1 amide bonds. The molecule has 1 saturated carbocycles. The minimum absolute atomic E-state index is 0.187. The maximum Gasteiger partial charge on any atom is 0.262 e. The fourth-order valence-electron chi connectivity index (χ4n) is 3.11. The highest BCUT2D eigenvalue weighted by Crippen LogP contribution is 2.37. The van der Waals surface area contributed by atoms with Gasteiger partial charge in [-0.2, -0.15) is 0 Å². The average molecular weight is 279 g/mol. The molecular formula is C14H21N3OS. The van der Waals surface area contributed by atoms with E-state index in [1.807, 2.05) is 18.9 Å². The van der Waals surface area contributed by atoms with Crippen LogP contribution in [0.4, 0.5) is 0 Å². The number of thioether (sulfide) groups is 1. The zero-order chi connectivity index (χ0) is 13.4. The van der Waals surface area contributed by atoms with Crippen LogP contribution in [0.1, 0.15) is 39.0 Å². The van der Waals surface area contributed by atoms with Gasteiger partial charge < -0.3 is 9.80 Å². The van der Waals surface area contributed by atoms with Crippen LogP contribution in [0.25, 0.3) is 0 Å². The Morgan fingerprint density at radius 1 is 1.37 bits per heavy atom. The lowest BCUT2D eigenvalue weighted by Gasteiger charge is -2.31. The molecule has 2 aliphatic heterocycles. The van der Waals surface area contributed by atoms with Crippen molar-refractivity contribution in [1.29, 1.82) is 0 Å². The third-order valence-corrected chi connectivity index (χ3v) is 5.57. The molecular weight excluding hydrogens is 258 g/mol. The first kappa shape index (κ1) is 13.0. The van der Waals surface area contributed by atoms with Gasteiger partial charge in [0.05, 0.1) is 11.4 Å². The normalized spacial score (nSPS) is 23.7. The van der Waals surface area contributed by atoms with Crippen molar-refractivity contribution in [2.45, 2.75) is 45.1 Å². The van der Waals surface area contributed by atoms with Gasteiger partial charge in [0.25, 0.3) is 5.91 Å². The Labute approximate surface area is 118 Å². The Hall–Kier alpha value is -0.970. The van der Waals surface area contributed by atoms with E-state index in [-0.39, 0.29) is 5.91 Å². The van der Waals surface area contributed by atoms with Crippen molar-refractivity contribution in [2.24, 2.45) is 4.99 Å². The third kappa shape index (κ3) is 2.29. The van der Waals surface area contributed by atoms with E-state index < -0.39 is 0 Å². The van der Waals surface area contributed by atoms with E-state index in [1.54, 1.807) is 11.8 Å². The van der Waals surface area contributed by atoms with E-state index in [9.17, 15) is 4.79 Å². The molecule has 1 aliphatic carbocycles. The van der Waals surface area contributed by atoms with E-state index >= 15 is 0 Å². The fraction of sp³-hybridized carbons (Fsp3) is 0.714. The van der Waals surface area contributed by atoms with Crippen molar-refractivity contribution in [3.05, 3.63) is 10.6 Å². The van der Waals surface area contributed by atoms with Gasteiger partial charge in [-0.15, -0.1) is 0 Å². The summed E-state index contributed by atoms with van der Waals surface area (Å²) >= 11 is 1.55. The summed E-state index contributed by atoms with van der Waals surface area (Å²) in [7, 11) is 1.96. The minimum atomic E-state index is 0.187. The summed E-state index contributed by atoms with van der Waals surface area (Å²) < 4.78 is 0. The van der Waals surface area contributed by atoms with E-state index in [2.05, 4.69) is 9.89 Å². The smallest absolute Gasteiger partial charge is 0.262 e. The first-order valence-corrected chi connectivity index (χ1v) is 7.98. The first-order valence-electron chi connectivity index (χ1n) is 7.16. The highest BCUT2D eigenvalue weighted by molar-refractivity contribution is 8.18. The molecule has 2 heterocycles. The molecule has 19 heavy (non-hydrogen) atoms. The van der Waals surface area contributed by atoms with Gasteiger partial charge in [0.1, 0.15) is 0 Å². The van der Waals surface area contributed by atoms with Crippen LogP contribution in [-0.2, 0) is 4.79 Å². The number of amidine groups is 1. The number of rotatable bonds is 2. The SMILES string of the molecule is CC1=C(C(=O)N(C)C2CCCCC2)SC2=NCCN21. The van der Waals surface area contributed by atoms with Gasteiger partial charge in [0, 0.05) is 25.3 Å². The number of hydrogen-bond donors (Lipinski definition) is 0. The molecule has 0 aromatic carbocycles. The van der Waals surface area contributed by atoms with Crippen LogP contribution in [0.15, 0.2) is 15.6 Å². The number of fused-ring (bicyclic) bond motifs is 1. The van der Waals surface area contributed by atoms with Crippen LogP contribution < -0.4 is 0 Å². The molecule has 5 heteroatoms. The molecule has 0 atom stereocenters.